The Morgan fingerprint density at radius 3 is 3.00 bits per heavy atom. The predicted molar refractivity (Wildman–Crippen MR) is 51.2 cm³/mol. The van der Waals surface area contributed by atoms with E-state index in [9.17, 15) is 0 Å². The van der Waals surface area contributed by atoms with Crippen LogP contribution < -0.4 is 5.73 Å². The summed E-state index contributed by atoms with van der Waals surface area (Å²) in [7, 11) is 0. The molecule has 0 radical (unpaired) electrons. The standard InChI is InChI=1S/C8H9N3.ClH/c9-2-6-1-7-4-10-5-8(7)11-3-6;/h1,3-5,10H,2,9H2;1H. The number of pyridine rings is 1. The van der Waals surface area contributed by atoms with Gasteiger partial charge >= 0.3 is 0 Å². The zero-order valence-electron chi connectivity index (χ0n) is 6.45. The number of fused-ring (bicyclic) bond motifs is 1. The summed E-state index contributed by atoms with van der Waals surface area (Å²) in [6, 6.07) is 2.04. The maximum atomic E-state index is 5.46. The number of hydrogen-bond donors (Lipinski definition) is 2. The minimum atomic E-state index is 0. The van der Waals surface area contributed by atoms with E-state index in [2.05, 4.69) is 9.97 Å². The molecule has 0 fully saturated rings. The molecule has 0 saturated heterocycles. The number of aromatic amines is 1. The number of hydrogen-bond acceptors (Lipinski definition) is 2. The van der Waals surface area contributed by atoms with E-state index in [1.807, 2.05) is 18.5 Å². The Bertz CT molecular complexity index is 369. The van der Waals surface area contributed by atoms with Crippen molar-refractivity contribution in [1.82, 2.24) is 9.97 Å². The van der Waals surface area contributed by atoms with Crippen LogP contribution in [-0.2, 0) is 6.54 Å². The number of aromatic nitrogens is 2. The Labute approximate surface area is 76.4 Å². The van der Waals surface area contributed by atoms with Crippen molar-refractivity contribution >= 4 is 23.3 Å². The fourth-order valence-electron chi connectivity index (χ4n) is 1.10. The van der Waals surface area contributed by atoms with Crippen molar-refractivity contribution in [2.45, 2.75) is 6.54 Å². The van der Waals surface area contributed by atoms with Crippen molar-refractivity contribution in [3.8, 4) is 0 Å². The third-order valence-electron chi connectivity index (χ3n) is 1.70. The maximum absolute atomic E-state index is 5.46. The predicted octanol–water partition coefficient (Wildman–Crippen LogP) is 1.44. The Hall–Kier alpha value is -1.06. The van der Waals surface area contributed by atoms with Crippen molar-refractivity contribution in [3.63, 3.8) is 0 Å². The molecule has 0 aliphatic rings. The normalized spacial score (nSPS) is 9.75. The fourth-order valence-corrected chi connectivity index (χ4v) is 1.10. The second-order valence-corrected chi connectivity index (χ2v) is 2.48. The molecule has 3 N–H and O–H groups in total. The topological polar surface area (TPSA) is 54.7 Å². The Kier molecular flexibility index (Phi) is 2.68. The molecule has 2 heterocycles. The van der Waals surface area contributed by atoms with E-state index >= 15 is 0 Å². The minimum Gasteiger partial charge on any atom is -0.365 e. The van der Waals surface area contributed by atoms with Gasteiger partial charge in [-0.05, 0) is 11.6 Å². The number of nitrogens with two attached hydrogens (primary N) is 1. The molecule has 0 atom stereocenters. The van der Waals surface area contributed by atoms with Crippen LogP contribution in [-0.4, -0.2) is 9.97 Å². The molecule has 2 rings (SSSR count). The first-order chi connectivity index (χ1) is 5.40. The Balaban J connectivity index is 0.000000720. The molecule has 0 amide bonds. The van der Waals surface area contributed by atoms with Crippen LogP contribution in [0.1, 0.15) is 5.56 Å². The molecule has 0 unspecified atom stereocenters. The minimum absolute atomic E-state index is 0. The van der Waals surface area contributed by atoms with Crippen molar-refractivity contribution in [2.24, 2.45) is 5.73 Å². The number of H-pyrrole nitrogens is 1. The van der Waals surface area contributed by atoms with Gasteiger partial charge in [0.25, 0.3) is 0 Å². The highest BCUT2D eigenvalue weighted by Crippen LogP contribution is 2.10. The van der Waals surface area contributed by atoms with Gasteiger partial charge in [-0.25, -0.2) is 0 Å². The van der Waals surface area contributed by atoms with Crippen LogP contribution in [0.15, 0.2) is 24.7 Å². The van der Waals surface area contributed by atoms with Crippen LogP contribution in [0.25, 0.3) is 10.9 Å². The molecule has 0 aliphatic heterocycles. The number of rotatable bonds is 1. The van der Waals surface area contributed by atoms with E-state index in [-0.39, 0.29) is 12.4 Å². The summed E-state index contributed by atoms with van der Waals surface area (Å²) in [6.45, 7) is 0.550. The van der Waals surface area contributed by atoms with Gasteiger partial charge in [-0.1, -0.05) is 0 Å². The van der Waals surface area contributed by atoms with E-state index in [1.54, 1.807) is 6.20 Å². The average Bonchev–Trinajstić information content (AvgIpc) is 2.50. The number of halogens is 1. The van der Waals surface area contributed by atoms with Gasteiger partial charge in [-0.3, -0.25) is 4.98 Å². The third-order valence-corrected chi connectivity index (χ3v) is 1.70. The van der Waals surface area contributed by atoms with E-state index in [1.165, 1.54) is 0 Å². The van der Waals surface area contributed by atoms with Gasteiger partial charge in [-0.15, -0.1) is 12.4 Å². The zero-order valence-corrected chi connectivity index (χ0v) is 7.27. The molecule has 2 aromatic heterocycles. The molecule has 0 bridgehead atoms. The Morgan fingerprint density at radius 2 is 2.25 bits per heavy atom. The summed E-state index contributed by atoms with van der Waals surface area (Å²) in [5, 5.41) is 1.12. The van der Waals surface area contributed by atoms with Gasteiger partial charge in [-0.2, -0.15) is 0 Å². The largest absolute Gasteiger partial charge is 0.365 e. The number of nitrogens with one attached hydrogen (secondary N) is 1. The molecule has 64 valence electrons. The van der Waals surface area contributed by atoms with Crippen LogP contribution in [0, 0.1) is 0 Å². The monoisotopic (exact) mass is 183 g/mol. The van der Waals surface area contributed by atoms with Crippen LogP contribution in [0.4, 0.5) is 0 Å². The molecule has 4 heteroatoms. The van der Waals surface area contributed by atoms with Crippen LogP contribution in [0.5, 0.6) is 0 Å². The lowest BCUT2D eigenvalue weighted by Gasteiger charge is -1.93. The molecule has 0 spiro atoms. The highest BCUT2D eigenvalue weighted by molar-refractivity contribution is 5.85. The van der Waals surface area contributed by atoms with Crippen molar-refractivity contribution in [3.05, 3.63) is 30.2 Å². The second kappa shape index (κ2) is 3.56. The molecular weight excluding hydrogens is 174 g/mol. The summed E-state index contributed by atoms with van der Waals surface area (Å²) in [6.07, 6.45) is 5.59. The van der Waals surface area contributed by atoms with Gasteiger partial charge in [0.2, 0.25) is 0 Å². The summed E-state index contributed by atoms with van der Waals surface area (Å²) in [4.78, 5) is 7.19. The van der Waals surface area contributed by atoms with E-state index in [0.717, 1.165) is 16.5 Å². The van der Waals surface area contributed by atoms with Crippen molar-refractivity contribution < 1.29 is 0 Å². The van der Waals surface area contributed by atoms with Crippen LogP contribution >= 0.6 is 12.4 Å². The lowest BCUT2D eigenvalue weighted by Crippen LogP contribution is -1.95. The van der Waals surface area contributed by atoms with E-state index in [4.69, 9.17) is 5.73 Å². The third kappa shape index (κ3) is 1.42. The van der Waals surface area contributed by atoms with Gasteiger partial charge in [0.1, 0.15) is 0 Å². The molecule has 12 heavy (non-hydrogen) atoms. The first kappa shape index (κ1) is 9.03. The van der Waals surface area contributed by atoms with Gasteiger partial charge < -0.3 is 10.7 Å². The average molecular weight is 184 g/mol. The summed E-state index contributed by atoms with van der Waals surface area (Å²) in [5.74, 6) is 0. The maximum Gasteiger partial charge on any atom is 0.0876 e. The smallest absolute Gasteiger partial charge is 0.0876 e. The highest BCUT2D eigenvalue weighted by Gasteiger charge is 1.95. The second-order valence-electron chi connectivity index (χ2n) is 2.48. The lowest BCUT2D eigenvalue weighted by molar-refractivity contribution is 1.06. The molecule has 2 aromatic rings. The van der Waals surface area contributed by atoms with E-state index in [0.29, 0.717) is 6.54 Å². The van der Waals surface area contributed by atoms with Gasteiger partial charge in [0.15, 0.2) is 0 Å². The van der Waals surface area contributed by atoms with Gasteiger partial charge in [0.05, 0.1) is 5.52 Å². The highest BCUT2D eigenvalue weighted by atomic mass is 35.5. The fraction of sp³-hybridized carbons (Fsp3) is 0.125. The number of nitrogens with zero attached hydrogens (tertiary/aromatic N) is 1. The van der Waals surface area contributed by atoms with Crippen molar-refractivity contribution in [2.75, 3.05) is 0 Å². The zero-order chi connectivity index (χ0) is 7.68. The molecule has 0 aliphatic carbocycles. The van der Waals surface area contributed by atoms with E-state index < -0.39 is 0 Å². The molecular formula is C8H10ClN3. The molecule has 3 nitrogen and oxygen atoms in total. The van der Waals surface area contributed by atoms with Gasteiger partial charge in [0, 0.05) is 30.5 Å². The molecule has 0 saturated carbocycles. The van der Waals surface area contributed by atoms with Crippen LogP contribution in [0.2, 0.25) is 0 Å². The van der Waals surface area contributed by atoms with Crippen LogP contribution in [0.3, 0.4) is 0 Å². The first-order valence-corrected chi connectivity index (χ1v) is 3.51. The Morgan fingerprint density at radius 1 is 1.42 bits per heavy atom. The first-order valence-electron chi connectivity index (χ1n) is 3.51. The summed E-state index contributed by atoms with van der Waals surface area (Å²) >= 11 is 0. The quantitative estimate of drug-likeness (QED) is 0.703. The lowest BCUT2D eigenvalue weighted by atomic mass is 10.2. The SMILES string of the molecule is Cl.NCc1cnc2c[nH]cc2c1. The summed E-state index contributed by atoms with van der Waals surface area (Å²) < 4.78 is 0. The summed E-state index contributed by atoms with van der Waals surface area (Å²) in [5.41, 5.74) is 7.51. The van der Waals surface area contributed by atoms with Crippen molar-refractivity contribution in [1.29, 1.82) is 0 Å². The molecule has 0 aromatic carbocycles.